The van der Waals surface area contributed by atoms with Gasteiger partial charge in [0.25, 0.3) is 0 Å². The lowest BCUT2D eigenvalue weighted by Gasteiger charge is -2.56. The molecule has 20 heavy (non-hydrogen) atoms. The molecule has 116 valence electrons. The van der Waals surface area contributed by atoms with Gasteiger partial charge < -0.3 is 10.1 Å². The summed E-state index contributed by atoms with van der Waals surface area (Å²) in [6.07, 6.45) is 6.87. The molecule has 1 saturated carbocycles. The molecule has 1 heterocycles. The average molecular weight is 281 g/mol. The normalized spacial score (nSPS) is 40.0. The predicted molar refractivity (Wildman–Crippen MR) is 81.5 cm³/mol. The summed E-state index contributed by atoms with van der Waals surface area (Å²) in [6.45, 7) is 10.6. The predicted octanol–water partition coefficient (Wildman–Crippen LogP) is 3.67. The van der Waals surface area contributed by atoms with Crippen molar-refractivity contribution in [3.63, 3.8) is 0 Å². The third kappa shape index (κ3) is 2.88. The summed E-state index contributed by atoms with van der Waals surface area (Å²) in [5, 5.41) is 3.28. The fourth-order valence-corrected chi connectivity index (χ4v) is 4.56. The lowest BCUT2D eigenvalue weighted by atomic mass is 9.64. The Balaban J connectivity index is 2.30. The van der Waals surface area contributed by atoms with Crippen LogP contribution in [0.2, 0.25) is 0 Å². The second-order valence-electron chi connectivity index (χ2n) is 7.35. The minimum Gasteiger partial charge on any atom is -0.371 e. The summed E-state index contributed by atoms with van der Waals surface area (Å²) in [6, 6.07) is 0. The fourth-order valence-electron chi connectivity index (χ4n) is 4.56. The average Bonchev–Trinajstić information content (AvgIpc) is 2.36. The van der Waals surface area contributed by atoms with Gasteiger partial charge in [0, 0.05) is 18.4 Å². The molecule has 0 radical (unpaired) electrons. The first kappa shape index (κ1) is 15.8. The van der Waals surface area contributed by atoms with Crippen LogP contribution in [0.15, 0.2) is 0 Å². The zero-order valence-electron chi connectivity index (χ0n) is 13.8. The number of carbonyl (C=O) groups excluding carboxylic acids is 1. The van der Waals surface area contributed by atoms with Crippen molar-refractivity contribution >= 4 is 5.91 Å². The molecule has 1 saturated heterocycles. The Hall–Kier alpha value is -0.570. The van der Waals surface area contributed by atoms with Gasteiger partial charge in [-0.2, -0.15) is 0 Å². The minimum absolute atomic E-state index is 0.0601. The standard InChI is InChI=1S/C17H31NO2/c1-6-17(7-2)11-16(5,18-13(4)19)14-9-8-12(3)10-15(14)20-17/h12,14-15H,6-11H2,1-5H3,(H,18,19)/t12-,14-,15-,16+/m1/s1. The van der Waals surface area contributed by atoms with E-state index in [1.807, 2.05) is 0 Å². The molecule has 2 fully saturated rings. The SMILES string of the molecule is CCC1(CC)C[C@](C)(NC(C)=O)[C@@H]2CC[C@@H](C)C[C@H]2O1. The van der Waals surface area contributed by atoms with Gasteiger partial charge in [-0.3, -0.25) is 4.79 Å². The van der Waals surface area contributed by atoms with Gasteiger partial charge >= 0.3 is 0 Å². The Kier molecular flexibility index (Phi) is 4.48. The van der Waals surface area contributed by atoms with Crippen molar-refractivity contribution < 1.29 is 9.53 Å². The molecule has 1 aliphatic heterocycles. The number of rotatable bonds is 3. The highest BCUT2D eigenvalue weighted by Crippen LogP contribution is 2.49. The zero-order valence-corrected chi connectivity index (χ0v) is 13.8. The second-order valence-corrected chi connectivity index (χ2v) is 7.35. The van der Waals surface area contributed by atoms with E-state index in [9.17, 15) is 4.79 Å². The molecule has 3 heteroatoms. The number of amides is 1. The van der Waals surface area contributed by atoms with E-state index in [0.717, 1.165) is 31.6 Å². The Morgan fingerprint density at radius 2 is 1.95 bits per heavy atom. The Bertz CT molecular complexity index is 364. The van der Waals surface area contributed by atoms with Crippen LogP contribution in [0.1, 0.15) is 73.1 Å². The van der Waals surface area contributed by atoms with E-state index in [1.54, 1.807) is 6.92 Å². The van der Waals surface area contributed by atoms with Crippen LogP contribution in [0, 0.1) is 11.8 Å². The van der Waals surface area contributed by atoms with Gasteiger partial charge in [0.05, 0.1) is 11.7 Å². The molecule has 0 unspecified atom stereocenters. The van der Waals surface area contributed by atoms with E-state index in [1.165, 1.54) is 12.8 Å². The molecule has 1 aliphatic carbocycles. The number of carbonyl (C=O) groups is 1. The Labute approximate surface area is 123 Å². The first-order valence-corrected chi connectivity index (χ1v) is 8.30. The van der Waals surface area contributed by atoms with Gasteiger partial charge in [-0.25, -0.2) is 0 Å². The molecule has 1 amide bonds. The van der Waals surface area contributed by atoms with Crippen LogP contribution in [-0.4, -0.2) is 23.2 Å². The highest BCUT2D eigenvalue weighted by atomic mass is 16.5. The molecule has 2 rings (SSSR count). The third-order valence-corrected chi connectivity index (χ3v) is 5.71. The van der Waals surface area contributed by atoms with Crippen molar-refractivity contribution in [2.75, 3.05) is 0 Å². The van der Waals surface area contributed by atoms with Crippen LogP contribution in [0.3, 0.4) is 0 Å². The van der Waals surface area contributed by atoms with Crippen molar-refractivity contribution in [3.05, 3.63) is 0 Å². The van der Waals surface area contributed by atoms with Crippen LogP contribution in [0.4, 0.5) is 0 Å². The molecule has 0 spiro atoms. The van der Waals surface area contributed by atoms with Gasteiger partial charge in [-0.1, -0.05) is 27.2 Å². The summed E-state index contributed by atoms with van der Waals surface area (Å²) in [5.74, 6) is 1.30. The quantitative estimate of drug-likeness (QED) is 0.857. The number of hydrogen-bond acceptors (Lipinski definition) is 2. The van der Waals surface area contributed by atoms with Gasteiger partial charge in [-0.15, -0.1) is 0 Å². The molecule has 0 aromatic carbocycles. The molecule has 4 atom stereocenters. The van der Waals surface area contributed by atoms with Gasteiger partial charge in [0.2, 0.25) is 5.91 Å². The monoisotopic (exact) mass is 281 g/mol. The van der Waals surface area contributed by atoms with E-state index in [2.05, 4.69) is 33.0 Å². The highest BCUT2D eigenvalue weighted by Gasteiger charge is 2.53. The summed E-state index contributed by atoms with van der Waals surface area (Å²) < 4.78 is 6.57. The lowest BCUT2D eigenvalue weighted by molar-refractivity contribution is -0.203. The van der Waals surface area contributed by atoms with E-state index in [-0.39, 0.29) is 17.0 Å². The largest absolute Gasteiger partial charge is 0.371 e. The first-order chi connectivity index (χ1) is 9.34. The van der Waals surface area contributed by atoms with Crippen molar-refractivity contribution in [2.45, 2.75) is 90.4 Å². The molecular formula is C17H31NO2. The topological polar surface area (TPSA) is 38.3 Å². The number of hydrogen-bond donors (Lipinski definition) is 1. The second kappa shape index (κ2) is 5.67. The van der Waals surface area contributed by atoms with Crippen molar-refractivity contribution in [1.29, 1.82) is 0 Å². The van der Waals surface area contributed by atoms with E-state index < -0.39 is 0 Å². The third-order valence-electron chi connectivity index (χ3n) is 5.71. The smallest absolute Gasteiger partial charge is 0.217 e. The maximum Gasteiger partial charge on any atom is 0.217 e. The number of fused-ring (bicyclic) bond motifs is 1. The minimum atomic E-state index is -0.110. The molecule has 0 aromatic heterocycles. The zero-order chi connectivity index (χ0) is 15.0. The van der Waals surface area contributed by atoms with Gasteiger partial charge in [-0.05, 0) is 44.9 Å². The molecule has 3 nitrogen and oxygen atoms in total. The van der Waals surface area contributed by atoms with Crippen LogP contribution in [0.5, 0.6) is 0 Å². The number of nitrogens with one attached hydrogen (secondary N) is 1. The van der Waals surface area contributed by atoms with Crippen molar-refractivity contribution in [3.8, 4) is 0 Å². The van der Waals surface area contributed by atoms with Gasteiger partial charge in [0.15, 0.2) is 0 Å². The Morgan fingerprint density at radius 1 is 1.30 bits per heavy atom. The van der Waals surface area contributed by atoms with Crippen LogP contribution in [0.25, 0.3) is 0 Å². The van der Waals surface area contributed by atoms with Crippen molar-refractivity contribution in [1.82, 2.24) is 5.32 Å². The van der Waals surface area contributed by atoms with E-state index in [4.69, 9.17) is 4.74 Å². The van der Waals surface area contributed by atoms with Crippen molar-refractivity contribution in [2.24, 2.45) is 11.8 Å². The summed E-state index contributed by atoms with van der Waals surface area (Å²) in [5.41, 5.74) is -0.170. The van der Waals surface area contributed by atoms with Crippen LogP contribution in [-0.2, 0) is 9.53 Å². The number of ether oxygens (including phenoxy) is 1. The molecule has 0 bridgehead atoms. The summed E-state index contributed by atoms with van der Waals surface area (Å²) >= 11 is 0. The molecule has 2 aliphatic rings. The maximum absolute atomic E-state index is 11.7. The fraction of sp³-hybridized carbons (Fsp3) is 0.941. The molecular weight excluding hydrogens is 250 g/mol. The highest BCUT2D eigenvalue weighted by molar-refractivity contribution is 5.73. The van der Waals surface area contributed by atoms with Crippen LogP contribution < -0.4 is 5.32 Å². The Morgan fingerprint density at radius 3 is 2.50 bits per heavy atom. The maximum atomic E-state index is 11.7. The van der Waals surface area contributed by atoms with E-state index >= 15 is 0 Å². The van der Waals surface area contributed by atoms with E-state index in [0.29, 0.717) is 12.0 Å². The first-order valence-electron chi connectivity index (χ1n) is 8.30. The van der Waals surface area contributed by atoms with Gasteiger partial charge in [0.1, 0.15) is 0 Å². The lowest BCUT2D eigenvalue weighted by Crippen LogP contribution is -2.65. The summed E-state index contributed by atoms with van der Waals surface area (Å²) in [4.78, 5) is 11.7. The molecule has 0 aromatic rings. The summed E-state index contributed by atoms with van der Waals surface area (Å²) in [7, 11) is 0. The molecule has 1 N–H and O–H groups in total. The van der Waals surface area contributed by atoms with Crippen LogP contribution >= 0.6 is 0 Å².